The summed E-state index contributed by atoms with van der Waals surface area (Å²) in [5, 5.41) is 0.992. The summed E-state index contributed by atoms with van der Waals surface area (Å²) in [5.74, 6) is 0.322. The van der Waals surface area contributed by atoms with Crippen molar-refractivity contribution in [1.82, 2.24) is 9.80 Å². The number of piperazine rings is 1. The van der Waals surface area contributed by atoms with E-state index >= 15 is 0 Å². The van der Waals surface area contributed by atoms with Gasteiger partial charge in [-0.1, -0.05) is 47.5 Å². The number of ether oxygens (including phenoxy) is 1. The molecule has 1 amide bonds. The Kier molecular flexibility index (Phi) is 7.30. The number of carbonyl (C=O) groups is 1. The zero-order chi connectivity index (χ0) is 22.5. The van der Waals surface area contributed by atoms with Crippen LogP contribution in [-0.4, -0.2) is 41.9 Å². The highest BCUT2D eigenvalue weighted by atomic mass is 35.5. The highest BCUT2D eigenvalue weighted by Crippen LogP contribution is 2.28. The lowest BCUT2D eigenvalue weighted by Gasteiger charge is -2.34. The first-order chi connectivity index (χ1) is 15.5. The van der Waals surface area contributed by atoms with Crippen molar-refractivity contribution in [3.63, 3.8) is 0 Å². The van der Waals surface area contributed by atoms with Crippen LogP contribution in [0.2, 0.25) is 10.0 Å². The van der Waals surface area contributed by atoms with E-state index in [2.05, 4.69) is 4.90 Å². The summed E-state index contributed by atoms with van der Waals surface area (Å²) in [6.07, 6.45) is 0. The molecule has 4 rings (SSSR count). The quantitative estimate of drug-likeness (QED) is 0.463. The van der Waals surface area contributed by atoms with Crippen LogP contribution >= 0.6 is 23.2 Å². The molecule has 1 aliphatic heterocycles. The molecule has 1 aliphatic rings. The smallest absolute Gasteiger partial charge is 0.253 e. The molecule has 0 N–H and O–H groups in total. The van der Waals surface area contributed by atoms with E-state index in [1.807, 2.05) is 35.2 Å². The fraction of sp³-hybridized carbons (Fsp3) is 0.240. The molecule has 3 aromatic rings. The van der Waals surface area contributed by atoms with Crippen LogP contribution in [0.5, 0.6) is 5.75 Å². The SMILES string of the molecule is O=C(c1cccc(COc2ccc(Cl)cc2Cl)c1)N1CCN(Cc2cccc(F)c2)CC1. The molecular formula is C25H23Cl2FN2O2. The van der Waals surface area contributed by atoms with E-state index in [4.69, 9.17) is 27.9 Å². The van der Waals surface area contributed by atoms with E-state index in [1.165, 1.54) is 6.07 Å². The second-order valence-corrected chi connectivity index (χ2v) is 8.61. The van der Waals surface area contributed by atoms with Crippen LogP contribution in [0.25, 0.3) is 0 Å². The third-order valence-corrected chi connectivity index (χ3v) is 5.95. The van der Waals surface area contributed by atoms with Gasteiger partial charge in [0, 0.05) is 43.3 Å². The molecule has 0 saturated carbocycles. The summed E-state index contributed by atoms with van der Waals surface area (Å²) in [5.41, 5.74) is 2.46. The molecule has 1 saturated heterocycles. The minimum atomic E-state index is -0.224. The number of rotatable bonds is 6. The summed E-state index contributed by atoms with van der Waals surface area (Å²) >= 11 is 12.1. The first-order valence-electron chi connectivity index (χ1n) is 10.4. The Hall–Kier alpha value is -2.60. The van der Waals surface area contributed by atoms with Crippen LogP contribution in [0.15, 0.2) is 66.7 Å². The van der Waals surface area contributed by atoms with E-state index < -0.39 is 0 Å². The molecule has 32 heavy (non-hydrogen) atoms. The van der Waals surface area contributed by atoms with Gasteiger partial charge in [0.1, 0.15) is 18.2 Å². The van der Waals surface area contributed by atoms with Crippen LogP contribution in [-0.2, 0) is 13.2 Å². The largest absolute Gasteiger partial charge is 0.487 e. The van der Waals surface area contributed by atoms with Crippen LogP contribution in [0.4, 0.5) is 4.39 Å². The molecule has 4 nitrogen and oxygen atoms in total. The molecular weight excluding hydrogens is 450 g/mol. The zero-order valence-electron chi connectivity index (χ0n) is 17.4. The second-order valence-electron chi connectivity index (χ2n) is 7.76. The number of amides is 1. The number of hydrogen-bond acceptors (Lipinski definition) is 3. The van der Waals surface area contributed by atoms with Crippen molar-refractivity contribution in [3.05, 3.63) is 99.3 Å². The van der Waals surface area contributed by atoms with Gasteiger partial charge >= 0.3 is 0 Å². The van der Waals surface area contributed by atoms with Gasteiger partial charge in [0.25, 0.3) is 5.91 Å². The van der Waals surface area contributed by atoms with Crippen molar-refractivity contribution in [1.29, 1.82) is 0 Å². The highest BCUT2D eigenvalue weighted by Gasteiger charge is 2.22. The number of hydrogen-bond donors (Lipinski definition) is 0. The van der Waals surface area contributed by atoms with Gasteiger partial charge in [-0.15, -0.1) is 0 Å². The molecule has 0 atom stereocenters. The normalized spacial score (nSPS) is 14.4. The highest BCUT2D eigenvalue weighted by molar-refractivity contribution is 6.35. The maximum absolute atomic E-state index is 13.4. The third-order valence-electron chi connectivity index (χ3n) is 5.42. The Bertz CT molecular complexity index is 1100. The Balaban J connectivity index is 1.32. The molecule has 0 aromatic heterocycles. The summed E-state index contributed by atoms with van der Waals surface area (Å²) in [6, 6.07) is 19.2. The fourth-order valence-corrected chi connectivity index (χ4v) is 4.20. The Morgan fingerprint density at radius 3 is 2.41 bits per heavy atom. The van der Waals surface area contributed by atoms with Crippen molar-refractivity contribution in [2.24, 2.45) is 0 Å². The monoisotopic (exact) mass is 472 g/mol. The molecule has 0 spiro atoms. The molecule has 0 radical (unpaired) electrons. The van der Waals surface area contributed by atoms with Crippen molar-refractivity contribution in [3.8, 4) is 5.75 Å². The third kappa shape index (κ3) is 5.80. The molecule has 1 heterocycles. The molecule has 7 heteroatoms. The Labute approximate surface area is 197 Å². The van der Waals surface area contributed by atoms with Gasteiger partial charge < -0.3 is 9.64 Å². The van der Waals surface area contributed by atoms with Crippen molar-refractivity contribution in [2.45, 2.75) is 13.2 Å². The standard InChI is InChI=1S/C25H23Cl2FN2O2/c26-21-7-8-24(23(27)15-21)32-17-19-4-1-5-20(13-19)25(31)30-11-9-29(10-12-30)16-18-3-2-6-22(28)14-18/h1-8,13-15H,9-12,16-17H2. The van der Waals surface area contributed by atoms with Crippen LogP contribution < -0.4 is 4.74 Å². The van der Waals surface area contributed by atoms with Crippen LogP contribution in [0.1, 0.15) is 21.5 Å². The number of benzene rings is 3. The van der Waals surface area contributed by atoms with Gasteiger partial charge in [-0.3, -0.25) is 9.69 Å². The zero-order valence-corrected chi connectivity index (χ0v) is 19.0. The second kappa shape index (κ2) is 10.3. The van der Waals surface area contributed by atoms with Gasteiger partial charge in [-0.25, -0.2) is 4.39 Å². The van der Waals surface area contributed by atoms with Crippen molar-refractivity contribution >= 4 is 29.1 Å². The van der Waals surface area contributed by atoms with Crippen LogP contribution in [0.3, 0.4) is 0 Å². The van der Waals surface area contributed by atoms with Gasteiger partial charge in [0.15, 0.2) is 0 Å². The van der Waals surface area contributed by atoms with E-state index in [0.29, 0.717) is 47.6 Å². The van der Waals surface area contributed by atoms with Gasteiger partial charge in [0.2, 0.25) is 0 Å². The summed E-state index contributed by atoms with van der Waals surface area (Å²) in [7, 11) is 0. The molecule has 3 aromatic carbocycles. The van der Waals surface area contributed by atoms with Gasteiger partial charge in [-0.2, -0.15) is 0 Å². The lowest BCUT2D eigenvalue weighted by atomic mass is 10.1. The predicted octanol–water partition coefficient (Wildman–Crippen LogP) is 5.67. The average Bonchev–Trinajstić information content (AvgIpc) is 2.79. The van der Waals surface area contributed by atoms with Crippen LogP contribution in [0, 0.1) is 5.82 Å². The number of halogens is 3. The molecule has 0 bridgehead atoms. The maximum atomic E-state index is 13.4. The molecule has 0 unspecified atom stereocenters. The Morgan fingerprint density at radius 1 is 0.906 bits per heavy atom. The lowest BCUT2D eigenvalue weighted by Crippen LogP contribution is -2.48. The maximum Gasteiger partial charge on any atom is 0.253 e. The van der Waals surface area contributed by atoms with E-state index in [9.17, 15) is 9.18 Å². The lowest BCUT2D eigenvalue weighted by molar-refractivity contribution is 0.0628. The van der Waals surface area contributed by atoms with Gasteiger partial charge in [-0.05, 0) is 53.6 Å². The summed E-state index contributed by atoms with van der Waals surface area (Å²) in [4.78, 5) is 17.1. The van der Waals surface area contributed by atoms with E-state index in [1.54, 1.807) is 30.3 Å². The van der Waals surface area contributed by atoms with Gasteiger partial charge in [0.05, 0.1) is 5.02 Å². The number of nitrogens with zero attached hydrogens (tertiary/aromatic N) is 2. The molecule has 1 fully saturated rings. The predicted molar refractivity (Wildman–Crippen MR) is 125 cm³/mol. The van der Waals surface area contributed by atoms with Crippen molar-refractivity contribution < 1.29 is 13.9 Å². The minimum Gasteiger partial charge on any atom is -0.487 e. The summed E-state index contributed by atoms with van der Waals surface area (Å²) in [6.45, 7) is 3.74. The first-order valence-corrected chi connectivity index (χ1v) is 11.2. The minimum absolute atomic E-state index is 0.00165. The van der Waals surface area contributed by atoms with E-state index in [-0.39, 0.29) is 11.7 Å². The topological polar surface area (TPSA) is 32.8 Å². The number of carbonyl (C=O) groups excluding carboxylic acids is 1. The summed E-state index contributed by atoms with van der Waals surface area (Å²) < 4.78 is 19.2. The van der Waals surface area contributed by atoms with Crippen molar-refractivity contribution in [2.75, 3.05) is 26.2 Å². The first kappa shape index (κ1) is 22.6. The molecule has 166 valence electrons. The Morgan fingerprint density at radius 2 is 1.66 bits per heavy atom. The average molecular weight is 473 g/mol. The molecule has 0 aliphatic carbocycles. The van der Waals surface area contributed by atoms with E-state index in [0.717, 1.165) is 24.2 Å². The fourth-order valence-electron chi connectivity index (χ4n) is 3.73.